The van der Waals surface area contributed by atoms with Crippen molar-refractivity contribution >= 4 is 72.2 Å². The van der Waals surface area contributed by atoms with Gasteiger partial charge < -0.3 is 0 Å². The van der Waals surface area contributed by atoms with Crippen molar-refractivity contribution < 1.29 is 4.79 Å². The molecule has 0 atom stereocenters. The summed E-state index contributed by atoms with van der Waals surface area (Å²) in [6.07, 6.45) is 0. The van der Waals surface area contributed by atoms with E-state index in [4.69, 9.17) is 0 Å². The summed E-state index contributed by atoms with van der Waals surface area (Å²) in [7, 11) is 0. The van der Waals surface area contributed by atoms with Gasteiger partial charge in [-0.05, 0) is 45.1 Å². The van der Waals surface area contributed by atoms with Gasteiger partial charge in [-0.2, -0.15) is 23.5 Å². The first-order valence-corrected chi connectivity index (χ1v) is 20.1. The summed E-state index contributed by atoms with van der Waals surface area (Å²) >= 11 is 7.61. The molecule has 2 aliphatic rings. The van der Waals surface area contributed by atoms with E-state index in [-0.39, 0.29) is 5.78 Å². The molecule has 0 spiro atoms. The topological polar surface area (TPSA) is 23.6 Å². The molecule has 2 fully saturated rings. The lowest BCUT2D eigenvalue weighted by atomic mass is 9.85. The van der Waals surface area contributed by atoms with Crippen molar-refractivity contribution in [2.75, 3.05) is 49.2 Å². The fourth-order valence-electron chi connectivity index (χ4n) is 6.97. The van der Waals surface area contributed by atoms with Crippen LogP contribution in [0.4, 0.5) is 0 Å². The molecule has 2 saturated heterocycles. The number of hydrogen-bond donors (Lipinski definition) is 0. The molecule has 6 aromatic rings. The third kappa shape index (κ3) is 5.98. The van der Waals surface area contributed by atoms with E-state index < -0.39 is 0 Å². The number of ketones is 1. The van der Waals surface area contributed by atoms with Gasteiger partial charge in [0.1, 0.15) is 0 Å². The molecule has 8 rings (SSSR count). The van der Waals surface area contributed by atoms with Crippen molar-refractivity contribution in [3.8, 4) is 22.3 Å². The molecule has 4 heterocycles. The predicted molar refractivity (Wildman–Crippen MR) is 203 cm³/mol. The van der Waals surface area contributed by atoms with Crippen LogP contribution >= 0.6 is 46.2 Å². The Hall–Kier alpha value is -2.91. The number of carbonyl (C=O) groups excluding carboxylic acids is 1. The predicted octanol–water partition coefficient (Wildman–Crippen LogP) is 9.78. The average molecular weight is 677 g/mol. The average Bonchev–Trinajstić information content (AvgIpc) is 3.73. The molecular formula is C39H36N2OS4. The first-order chi connectivity index (χ1) is 22.7. The molecule has 4 aromatic carbocycles. The summed E-state index contributed by atoms with van der Waals surface area (Å²) in [4.78, 5) is 20.3. The molecule has 3 nitrogen and oxygen atoms in total. The van der Waals surface area contributed by atoms with Gasteiger partial charge in [-0.3, -0.25) is 14.6 Å². The Morgan fingerprint density at radius 1 is 0.543 bits per heavy atom. The van der Waals surface area contributed by atoms with E-state index in [0.717, 1.165) is 84.5 Å². The molecule has 0 bridgehead atoms. The van der Waals surface area contributed by atoms with Crippen LogP contribution in [0.1, 0.15) is 27.0 Å². The summed E-state index contributed by atoms with van der Waals surface area (Å²) < 4.78 is 2.51. The van der Waals surface area contributed by atoms with Gasteiger partial charge in [0.15, 0.2) is 5.78 Å². The minimum Gasteiger partial charge on any atom is -0.297 e. The Labute approximate surface area is 287 Å². The molecule has 0 aliphatic carbocycles. The van der Waals surface area contributed by atoms with Gasteiger partial charge in [0.05, 0.1) is 0 Å². The van der Waals surface area contributed by atoms with Crippen LogP contribution < -0.4 is 0 Å². The van der Waals surface area contributed by atoms with Gasteiger partial charge in [0, 0.05) is 105 Å². The Kier molecular flexibility index (Phi) is 9.04. The second-order valence-electron chi connectivity index (χ2n) is 12.1. The van der Waals surface area contributed by atoms with E-state index in [1.807, 2.05) is 23.5 Å². The first kappa shape index (κ1) is 30.4. The van der Waals surface area contributed by atoms with E-state index in [9.17, 15) is 0 Å². The molecular weight excluding hydrogens is 641 g/mol. The number of fused-ring (bicyclic) bond motifs is 2. The maximum atomic E-state index is 15.2. The molecule has 0 unspecified atom stereocenters. The van der Waals surface area contributed by atoms with E-state index >= 15 is 4.79 Å². The third-order valence-corrected chi connectivity index (χ3v) is 13.1. The van der Waals surface area contributed by atoms with Crippen molar-refractivity contribution in [1.29, 1.82) is 0 Å². The molecule has 0 saturated carbocycles. The maximum Gasteiger partial charge on any atom is 0.194 e. The summed E-state index contributed by atoms with van der Waals surface area (Å²) in [6, 6.07) is 30.1. The normalized spacial score (nSPS) is 16.3. The highest BCUT2D eigenvalue weighted by molar-refractivity contribution is 7.99. The lowest BCUT2D eigenvalue weighted by Crippen LogP contribution is -2.32. The van der Waals surface area contributed by atoms with Crippen molar-refractivity contribution in [3.63, 3.8) is 0 Å². The number of thiophene rings is 2. The van der Waals surface area contributed by atoms with Crippen LogP contribution in [0.2, 0.25) is 0 Å². The Morgan fingerprint density at radius 3 is 1.43 bits per heavy atom. The summed E-state index contributed by atoms with van der Waals surface area (Å²) in [5, 5.41) is 6.99. The molecule has 0 amide bonds. The second kappa shape index (κ2) is 13.7. The molecule has 46 heavy (non-hydrogen) atoms. The summed E-state index contributed by atoms with van der Waals surface area (Å²) in [5.41, 5.74) is 8.65. The van der Waals surface area contributed by atoms with E-state index in [1.54, 1.807) is 22.7 Å². The Balaban J connectivity index is 1.31. The van der Waals surface area contributed by atoms with Crippen LogP contribution in [0.3, 0.4) is 0 Å². The van der Waals surface area contributed by atoms with Crippen molar-refractivity contribution in [2.45, 2.75) is 13.1 Å². The molecule has 232 valence electrons. The highest BCUT2D eigenvalue weighted by Crippen LogP contribution is 2.42. The molecule has 2 aliphatic heterocycles. The van der Waals surface area contributed by atoms with E-state index in [1.165, 1.54) is 42.4 Å². The quantitative estimate of drug-likeness (QED) is 0.149. The van der Waals surface area contributed by atoms with Crippen LogP contribution in [-0.2, 0) is 13.1 Å². The number of rotatable bonds is 8. The second-order valence-corrected chi connectivity index (χ2v) is 16.3. The van der Waals surface area contributed by atoms with Crippen LogP contribution in [0.25, 0.3) is 42.4 Å². The number of hydrogen-bond acceptors (Lipinski definition) is 7. The first-order valence-electron chi connectivity index (χ1n) is 16.1. The summed E-state index contributed by atoms with van der Waals surface area (Å²) in [5.74, 6) is 4.76. The Bertz CT molecular complexity index is 1870. The zero-order valence-corrected chi connectivity index (χ0v) is 29.0. The zero-order valence-electron chi connectivity index (χ0n) is 25.7. The van der Waals surface area contributed by atoms with Gasteiger partial charge in [0.2, 0.25) is 0 Å². The monoisotopic (exact) mass is 676 g/mol. The molecule has 0 radical (unpaired) electrons. The van der Waals surface area contributed by atoms with Crippen LogP contribution in [-0.4, -0.2) is 64.8 Å². The fourth-order valence-corrected chi connectivity index (χ4v) is 10.8. The third-order valence-electron chi connectivity index (χ3n) is 9.29. The zero-order chi connectivity index (χ0) is 30.9. The standard InChI is InChI=1S/C39H36N2OS4/c42-39(31-11-5-7-27(23-40-15-19-43-20-16-40)37(31)33-25-45-35-13-3-1-9-29(33)35)32-12-6-8-28(24-41-17-21-44-22-18-41)38(32)34-26-46-36-14-4-2-10-30(34)36/h1-14,25-26H,15-24H2. The van der Waals surface area contributed by atoms with Crippen molar-refractivity contribution in [3.05, 3.63) is 118 Å². The van der Waals surface area contributed by atoms with Gasteiger partial charge in [-0.15, -0.1) is 22.7 Å². The van der Waals surface area contributed by atoms with Crippen LogP contribution in [0, 0.1) is 0 Å². The molecule has 2 aromatic heterocycles. The smallest absolute Gasteiger partial charge is 0.194 e. The van der Waals surface area contributed by atoms with Gasteiger partial charge in [0.25, 0.3) is 0 Å². The van der Waals surface area contributed by atoms with Crippen molar-refractivity contribution in [1.82, 2.24) is 9.80 Å². The summed E-state index contributed by atoms with van der Waals surface area (Å²) in [6.45, 7) is 6.04. The van der Waals surface area contributed by atoms with Gasteiger partial charge in [-0.1, -0.05) is 72.8 Å². The van der Waals surface area contributed by atoms with E-state index in [0.29, 0.717) is 0 Å². The molecule has 7 heteroatoms. The number of carbonyl (C=O) groups is 1. The largest absolute Gasteiger partial charge is 0.297 e. The number of nitrogens with zero attached hydrogens (tertiary/aromatic N) is 2. The van der Waals surface area contributed by atoms with Gasteiger partial charge >= 0.3 is 0 Å². The lowest BCUT2D eigenvalue weighted by Gasteiger charge is -2.28. The number of benzene rings is 4. The fraction of sp³-hybridized carbons (Fsp3) is 0.256. The Morgan fingerprint density at radius 2 is 0.978 bits per heavy atom. The van der Waals surface area contributed by atoms with Crippen LogP contribution in [0.15, 0.2) is 95.7 Å². The van der Waals surface area contributed by atoms with Crippen molar-refractivity contribution in [2.24, 2.45) is 0 Å². The molecule has 0 N–H and O–H groups in total. The lowest BCUT2D eigenvalue weighted by molar-refractivity contribution is 0.103. The SMILES string of the molecule is O=C(c1cccc(CN2CCSCC2)c1-c1csc2ccccc12)c1cccc(CN2CCSCC2)c1-c1csc2ccccc12. The highest BCUT2D eigenvalue weighted by atomic mass is 32.2. The minimum absolute atomic E-state index is 0.114. The minimum atomic E-state index is 0.114. The van der Waals surface area contributed by atoms with Gasteiger partial charge in [-0.25, -0.2) is 0 Å². The highest BCUT2D eigenvalue weighted by Gasteiger charge is 2.26. The van der Waals surface area contributed by atoms with E-state index in [2.05, 4.69) is 105 Å². The maximum absolute atomic E-state index is 15.2. The van der Waals surface area contributed by atoms with Crippen LogP contribution in [0.5, 0.6) is 0 Å². The number of thioether (sulfide) groups is 2.